The van der Waals surface area contributed by atoms with Gasteiger partial charge in [0, 0.05) is 12.5 Å². The first-order valence-corrected chi connectivity index (χ1v) is 11.1. The Morgan fingerprint density at radius 2 is 1.88 bits per heavy atom. The molecule has 1 aliphatic rings. The number of carbonyl (C=O) groups excluding carboxylic acids is 2. The van der Waals surface area contributed by atoms with Crippen LogP contribution in [-0.4, -0.2) is 55.7 Å². The number of rotatable bonds is 6. The SMILES string of the molecule is CC(C)CO[C@@H]1[C@@H](Cc2ccc(F)cc2)COC[C@H](NC(=O)OC(C)(C)C)C(=O)O[C@H]1C. The van der Waals surface area contributed by atoms with Crippen molar-refractivity contribution in [2.75, 3.05) is 19.8 Å². The van der Waals surface area contributed by atoms with Crippen LogP contribution in [0.1, 0.15) is 47.1 Å². The molecule has 0 aliphatic carbocycles. The number of halogens is 1. The highest BCUT2D eigenvalue weighted by Crippen LogP contribution is 2.23. The van der Waals surface area contributed by atoms with Crippen molar-refractivity contribution in [3.8, 4) is 0 Å². The van der Waals surface area contributed by atoms with E-state index in [0.29, 0.717) is 18.9 Å². The van der Waals surface area contributed by atoms with Crippen LogP contribution in [0, 0.1) is 17.7 Å². The number of esters is 1. The van der Waals surface area contributed by atoms with Crippen LogP contribution < -0.4 is 5.32 Å². The van der Waals surface area contributed by atoms with E-state index in [0.717, 1.165) is 5.56 Å². The molecule has 1 fully saturated rings. The Kier molecular flexibility index (Phi) is 9.46. The van der Waals surface area contributed by atoms with E-state index in [4.69, 9.17) is 18.9 Å². The fourth-order valence-corrected chi connectivity index (χ4v) is 3.44. The van der Waals surface area contributed by atoms with Gasteiger partial charge in [0.1, 0.15) is 17.5 Å². The normalized spacial score (nSPS) is 24.8. The standard InChI is InChI=1S/C24H36FNO6/c1-15(2)12-30-21-16(3)31-22(27)20(26-23(28)32-24(4,5)6)14-29-13-18(21)11-17-7-9-19(25)10-8-17/h7-10,15-16,18,20-21H,11-14H2,1-6H3,(H,26,28)/t16-,18-,20-,21-/m0/s1. The Bertz CT molecular complexity index is 746. The molecule has 1 aromatic rings. The molecular formula is C24H36FNO6. The highest BCUT2D eigenvalue weighted by Gasteiger charge is 2.36. The topological polar surface area (TPSA) is 83.1 Å². The lowest BCUT2D eigenvalue weighted by molar-refractivity contribution is -0.161. The number of nitrogens with one attached hydrogen (secondary N) is 1. The number of hydrogen-bond acceptors (Lipinski definition) is 6. The fraction of sp³-hybridized carbons (Fsp3) is 0.667. The molecule has 180 valence electrons. The molecule has 0 radical (unpaired) electrons. The number of benzene rings is 1. The van der Waals surface area contributed by atoms with Gasteiger partial charge in [0.2, 0.25) is 0 Å². The molecule has 0 unspecified atom stereocenters. The van der Waals surface area contributed by atoms with Crippen molar-refractivity contribution in [3.05, 3.63) is 35.6 Å². The van der Waals surface area contributed by atoms with Crippen LogP contribution in [0.2, 0.25) is 0 Å². The minimum Gasteiger partial charge on any atom is -0.458 e. The lowest BCUT2D eigenvalue weighted by Gasteiger charge is -2.31. The van der Waals surface area contributed by atoms with Crippen molar-refractivity contribution in [1.82, 2.24) is 5.32 Å². The van der Waals surface area contributed by atoms with E-state index < -0.39 is 35.9 Å². The van der Waals surface area contributed by atoms with Crippen molar-refractivity contribution < 1.29 is 32.9 Å². The van der Waals surface area contributed by atoms with Crippen LogP contribution in [0.15, 0.2) is 24.3 Å². The molecule has 7 nitrogen and oxygen atoms in total. The van der Waals surface area contributed by atoms with Gasteiger partial charge in [0.05, 0.1) is 19.3 Å². The number of amides is 1. The van der Waals surface area contributed by atoms with Gasteiger partial charge in [-0.25, -0.2) is 14.0 Å². The summed E-state index contributed by atoms with van der Waals surface area (Å²) in [4.78, 5) is 24.9. The third-order valence-corrected chi connectivity index (χ3v) is 4.85. The molecule has 32 heavy (non-hydrogen) atoms. The maximum Gasteiger partial charge on any atom is 0.408 e. The van der Waals surface area contributed by atoms with Gasteiger partial charge in [-0.3, -0.25) is 0 Å². The highest BCUT2D eigenvalue weighted by atomic mass is 19.1. The summed E-state index contributed by atoms with van der Waals surface area (Å²) in [5.74, 6) is -0.754. The summed E-state index contributed by atoms with van der Waals surface area (Å²) in [7, 11) is 0. The molecule has 0 bridgehead atoms. The van der Waals surface area contributed by atoms with Crippen LogP contribution in [0.25, 0.3) is 0 Å². The van der Waals surface area contributed by atoms with Gasteiger partial charge in [-0.1, -0.05) is 26.0 Å². The summed E-state index contributed by atoms with van der Waals surface area (Å²) in [6, 6.07) is 5.29. The monoisotopic (exact) mass is 453 g/mol. The van der Waals surface area contributed by atoms with Crippen molar-refractivity contribution in [2.45, 2.75) is 71.8 Å². The van der Waals surface area contributed by atoms with Gasteiger partial charge in [-0.15, -0.1) is 0 Å². The Hall–Kier alpha value is -2.19. The third-order valence-electron chi connectivity index (χ3n) is 4.85. The number of hydrogen-bond donors (Lipinski definition) is 1. The highest BCUT2D eigenvalue weighted by molar-refractivity contribution is 5.81. The number of carbonyl (C=O) groups is 2. The Morgan fingerprint density at radius 3 is 2.47 bits per heavy atom. The summed E-state index contributed by atoms with van der Waals surface area (Å²) < 4.78 is 36.2. The van der Waals surface area contributed by atoms with Crippen LogP contribution in [0.3, 0.4) is 0 Å². The predicted molar refractivity (Wildman–Crippen MR) is 118 cm³/mol. The lowest BCUT2D eigenvalue weighted by Crippen LogP contribution is -2.48. The van der Waals surface area contributed by atoms with Crippen LogP contribution >= 0.6 is 0 Å². The van der Waals surface area contributed by atoms with Crippen LogP contribution in [-0.2, 0) is 30.2 Å². The zero-order chi connectivity index (χ0) is 23.9. The quantitative estimate of drug-likeness (QED) is 0.658. The fourth-order valence-electron chi connectivity index (χ4n) is 3.44. The molecular weight excluding hydrogens is 417 g/mol. The van der Waals surface area contributed by atoms with E-state index in [1.54, 1.807) is 39.8 Å². The molecule has 0 aromatic heterocycles. The first kappa shape index (κ1) is 26.1. The minimum atomic E-state index is -0.998. The van der Waals surface area contributed by atoms with Gasteiger partial charge < -0.3 is 24.3 Å². The average Bonchev–Trinajstić information content (AvgIpc) is 2.71. The smallest absolute Gasteiger partial charge is 0.408 e. The molecule has 1 aromatic carbocycles. The molecule has 8 heteroatoms. The number of cyclic esters (lactones) is 1. The second-order valence-corrected chi connectivity index (χ2v) is 9.66. The van der Waals surface area contributed by atoms with E-state index in [1.165, 1.54) is 12.1 Å². The van der Waals surface area contributed by atoms with E-state index in [9.17, 15) is 14.0 Å². The third kappa shape index (κ3) is 8.74. The maximum absolute atomic E-state index is 13.3. The Balaban J connectivity index is 2.17. The van der Waals surface area contributed by atoms with E-state index in [2.05, 4.69) is 5.32 Å². The molecule has 2 rings (SSSR count). The molecule has 1 heterocycles. The molecule has 1 amide bonds. The molecule has 1 N–H and O–H groups in total. The summed E-state index contributed by atoms with van der Waals surface area (Å²) in [5, 5.41) is 2.53. The minimum absolute atomic E-state index is 0.0540. The number of ether oxygens (including phenoxy) is 4. The van der Waals surface area contributed by atoms with Gasteiger partial charge in [-0.2, -0.15) is 0 Å². The average molecular weight is 454 g/mol. The molecule has 4 atom stereocenters. The number of alkyl carbamates (subject to hydrolysis) is 1. The molecule has 0 saturated carbocycles. The molecule has 1 aliphatic heterocycles. The van der Waals surface area contributed by atoms with E-state index in [-0.39, 0.29) is 24.9 Å². The Morgan fingerprint density at radius 1 is 1.22 bits per heavy atom. The summed E-state index contributed by atoms with van der Waals surface area (Å²) in [6.07, 6.45) is -1.15. The van der Waals surface area contributed by atoms with Gasteiger partial charge in [0.15, 0.2) is 6.04 Å². The van der Waals surface area contributed by atoms with E-state index in [1.807, 2.05) is 13.8 Å². The molecule has 0 spiro atoms. The predicted octanol–water partition coefficient (Wildman–Crippen LogP) is 3.88. The molecule has 1 saturated heterocycles. The first-order valence-electron chi connectivity index (χ1n) is 11.1. The van der Waals surface area contributed by atoms with Crippen molar-refractivity contribution >= 4 is 12.1 Å². The van der Waals surface area contributed by atoms with Crippen molar-refractivity contribution in [2.24, 2.45) is 11.8 Å². The van der Waals surface area contributed by atoms with Gasteiger partial charge in [-0.05, 0) is 57.7 Å². The largest absolute Gasteiger partial charge is 0.458 e. The summed E-state index contributed by atoms with van der Waals surface area (Å²) in [6.45, 7) is 11.8. The van der Waals surface area contributed by atoms with E-state index >= 15 is 0 Å². The second-order valence-electron chi connectivity index (χ2n) is 9.66. The van der Waals surface area contributed by atoms with Crippen LogP contribution in [0.4, 0.5) is 9.18 Å². The van der Waals surface area contributed by atoms with Crippen molar-refractivity contribution in [1.29, 1.82) is 0 Å². The van der Waals surface area contributed by atoms with Gasteiger partial charge in [0.25, 0.3) is 0 Å². The Labute approximate surface area is 189 Å². The van der Waals surface area contributed by atoms with Gasteiger partial charge >= 0.3 is 12.1 Å². The zero-order valence-corrected chi connectivity index (χ0v) is 19.9. The summed E-state index contributed by atoms with van der Waals surface area (Å²) in [5.41, 5.74) is 0.232. The zero-order valence-electron chi connectivity index (χ0n) is 19.9. The second kappa shape index (κ2) is 11.6. The summed E-state index contributed by atoms with van der Waals surface area (Å²) >= 11 is 0. The first-order chi connectivity index (χ1) is 14.9. The maximum atomic E-state index is 13.3. The van der Waals surface area contributed by atoms with Crippen LogP contribution in [0.5, 0.6) is 0 Å². The lowest BCUT2D eigenvalue weighted by atomic mass is 9.91. The van der Waals surface area contributed by atoms with Crippen molar-refractivity contribution in [3.63, 3.8) is 0 Å².